The second-order valence-electron chi connectivity index (χ2n) is 7.44. The standard InChI is InChI=1S/C23H26N2O5S/c1-6-29-22(27)19-14(4)20(23(28)30-13(2)3)31-21(19)24-18(26)11-15-12-25(5)17-10-8-7-9-16(15)17/h7-10,12-13H,6,11H2,1-5H3,(H,24,26). The maximum atomic E-state index is 12.9. The summed E-state index contributed by atoms with van der Waals surface area (Å²) in [6.45, 7) is 7.04. The van der Waals surface area contributed by atoms with Gasteiger partial charge in [-0.25, -0.2) is 9.59 Å². The largest absolute Gasteiger partial charge is 0.462 e. The lowest BCUT2D eigenvalue weighted by Crippen LogP contribution is -2.16. The predicted octanol–water partition coefficient (Wildman–Crippen LogP) is 4.47. The lowest BCUT2D eigenvalue weighted by molar-refractivity contribution is -0.115. The van der Waals surface area contributed by atoms with E-state index in [9.17, 15) is 14.4 Å². The summed E-state index contributed by atoms with van der Waals surface area (Å²) < 4.78 is 12.4. The highest BCUT2D eigenvalue weighted by Gasteiger charge is 2.28. The molecule has 3 aromatic rings. The number of anilines is 1. The predicted molar refractivity (Wildman–Crippen MR) is 121 cm³/mol. The van der Waals surface area contributed by atoms with Gasteiger partial charge in [-0.1, -0.05) is 18.2 Å². The van der Waals surface area contributed by atoms with Crippen molar-refractivity contribution in [1.29, 1.82) is 0 Å². The van der Waals surface area contributed by atoms with Crippen LogP contribution in [-0.2, 0) is 27.7 Å². The number of hydrogen-bond acceptors (Lipinski definition) is 6. The average molecular weight is 443 g/mol. The fraction of sp³-hybridized carbons (Fsp3) is 0.348. The first-order chi connectivity index (χ1) is 14.7. The fourth-order valence-corrected chi connectivity index (χ4v) is 4.52. The third kappa shape index (κ3) is 4.80. The Kier molecular flexibility index (Phi) is 6.80. The Morgan fingerprint density at radius 3 is 2.55 bits per heavy atom. The van der Waals surface area contributed by atoms with Gasteiger partial charge in [0.15, 0.2) is 0 Å². The molecule has 0 radical (unpaired) electrons. The smallest absolute Gasteiger partial charge is 0.348 e. The van der Waals surface area contributed by atoms with Gasteiger partial charge in [0.1, 0.15) is 9.88 Å². The number of carbonyl (C=O) groups is 3. The summed E-state index contributed by atoms with van der Waals surface area (Å²) in [6.07, 6.45) is 1.75. The van der Waals surface area contributed by atoms with Crippen LogP contribution in [0.25, 0.3) is 10.9 Å². The zero-order valence-electron chi connectivity index (χ0n) is 18.3. The molecule has 0 atom stereocenters. The van der Waals surface area contributed by atoms with E-state index in [1.54, 1.807) is 27.7 Å². The number of hydrogen-bond donors (Lipinski definition) is 1. The molecule has 0 unspecified atom stereocenters. The number of benzene rings is 1. The van der Waals surface area contributed by atoms with Gasteiger partial charge in [0.2, 0.25) is 5.91 Å². The minimum atomic E-state index is -0.583. The highest BCUT2D eigenvalue weighted by atomic mass is 32.1. The van der Waals surface area contributed by atoms with Crippen molar-refractivity contribution < 1.29 is 23.9 Å². The van der Waals surface area contributed by atoms with E-state index in [4.69, 9.17) is 9.47 Å². The number of aromatic nitrogens is 1. The third-order valence-corrected chi connectivity index (χ3v) is 5.93. The summed E-state index contributed by atoms with van der Waals surface area (Å²) in [5.74, 6) is -1.40. The molecule has 0 aliphatic carbocycles. The molecule has 7 nitrogen and oxygen atoms in total. The summed E-state index contributed by atoms with van der Waals surface area (Å²) in [7, 11) is 1.93. The number of carbonyl (C=O) groups excluding carboxylic acids is 3. The van der Waals surface area contributed by atoms with E-state index >= 15 is 0 Å². The fourth-order valence-electron chi connectivity index (χ4n) is 3.42. The Bertz CT molecular complexity index is 1140. The van der Waals surface area contributed by atoms with Crippen LogP contribution in [0.3, 0.4) is 0 Å². The molecule has 2 aromatic heterocycles. The number of rotatable bonds is 7. The van der Waals surface area contributed by atoms with Gasteiger partial charge in [0.25, 0.3) is 0 Å². The lowest BCUT2D eigenvalue weighted by atomic mass is 10.1. The third-order valence-electron chi connectivity index (χ3n) is 4.74. The molecule has 3 rings (SSSR count). The van der Waals surface area contributed by atoms with Gasteiger partial charge in [-0.15, -0.1) is 11.3 Å². The first kappa shape index (κ1) is 22.6. The lowest BCUT2D eigenvalue weighted by Gasteiger charge is -2.07. The van der Waals surface area contributed by atoms with Gasteiger partial charge in [-0.2, -0.15) is 0 Å². The molecule has 0 spiro atoms. The van der Waals surface area contributed by atoms with E-state index in [1.807, 2.05) is 42.1 Å². The van der Waals surface area contributed by atoms with Crippen molar-refractivity contribution >= 4 is 45.1 Å². The van der Waals surface area contributed by atoms with Crippen LogP contribution in [0.1, 0.15) is 51.9 Å². The Balaban J connectivity index is 1.90. The average Bonchev–Trinajstić information content (AvgIpc) is 3.18. The first-order valence-electron chi connectivity index (χ1n) is 10.1. The number of para-hydroxylation sites is 1. The number of ether oxygens (including phenoxy) is 2. The normalized spacial score (nSPS) is 11.0. The van der Waals surface area contributed by atoms with Gasteiger partial charge in [0, 0.05) is 24.1 Å². The Morgan fingerprint density at radius 2 is 1.87 bits per heavy atom. The molecular weight excluding hydrogens is 416 g/mol. The van der Waals surface area contributed by atoms with Gasteiger partial charge in [-0.3, -0.25) is 4.79 Å². The molecule has 0 bridgehead atoms. The summed E-state index contributed by atoms with van der Waals surface area (Å²) >= 11 is 1.03. The molecule has 1 N–H and O–H groups in total. The van der Waals surface area contributed by atoms with E-state index in [0.29, 0.717) is 5.56 Å². The maximum absolute atomic E-state index is 12.9. The van der Waals surface area contributed by atoms with Crippen molar-refractivity contribution in [3.8, 4) is 0 Å². The molecule has 0 saturated heterocycles. The van der Waals surface area contributed by atoms with Crippen LogP contribution in [0.4, 0.5) is 5.00 Å². The molecule has 164 valence electrons. The Labute approximate surface area is 185 Å². The molecule has 2 heterocycles. The van der Waals surface area contributed by atoms with Crippen molar-refractivity contribution in [2.45, 2.75) is 40.2 Å². The molecule has 0 fully saturated rings. The zero-order chi connectivity index (χ0) is 22.7. The molecule has 8 heteroatoms. The summed E-state index contributed by atoms with van der Waals surface area (Å²) in [6, 6.07) is 7.84. The molecule has 1 aromatic carbocycles. The quantitative estimate of drug-likeness (QED) is 0.546. The topological polar surface area (TPSA) is 86.6 Å². The van der Waals surface area contributed by atoms with E-state index in [1.165, 1.54) is 0 Å². The first-order valence-corrected chi connectivity index (χ1v) is 10.9. The van der Waals surface area contributed by atoms with Gasteiger partial charge >= 0.3 is 11.9 Å². The van der Waals surface area contributed by atoms with Crippen LogP contribution in [0, 0.1) is 6.92 Å². The summed E-state index contributed by atoms with van der Waals surface area (Å²) in [5, 5.41) is 4.09. The number of nitrogens with one attached hydrogen (secondary N) is 1. The molecule has 31 heavy (non-hydrogen) atoms. The van der Waals surface area contributed by atoms with E-state index in [2.05, 4.69) is 5.32 Å². The van der Waals surface area contributed by atoms with Gasteiger partial charge in [-0.05, 0) is 44.9 Å². The minimum Gasteiger partial charge on any atom is -0.462 e. The van der Waals surface area contributed by atoms with Crippen molar-refractivity contribution in [3.05, 3.63) is 52.0 Å². The number of thiophene rings is 1. The Hall–Kier alpha value is -3.13. The Morgan fingerprint density at radius 1 is 1.16 bits per heavy atom. The zero-order valence-corrected chi connectivity index (χ0v) is 19.1. The number of nitrogens with zero attached hydrogens (tertiary/aromatic N) is 1. The van der Waals surface area contributed by atoms with Crippen molar-refractivity contribution in [2.24, 2.45) is 7.05 Å². The second-order valence-corrected chi connectivity index (χ2v) is 8.46. The van der Waals surface area contributed by atoms with E-state index < -0.39 is 11.9 Å². The van der Waals surface area contributed by atoms with Crippen LogP contribution >= 0.6 is 11.3 Å². The molecular formula is C23H26N2O5S. The minimum absolute atomic E-state index is 0.131. The second kappa shape index (κ2) is 9.34. The van der Waals surface area contributed by atoms with Gasteiger partial charge < -0.3 is 19.4 Å². The van der Waals surface area contributed by atoms with Crippen molar-refractivity contribution in [3.63, 3.8) is 0 Å². The van der Waals surface area contributed by atoms with Crippen molar-refractivity contribution in [1.82, 2.24) is 4.57 Å². The highest BCUT2D eigenvalue weighted by molar-refractivity contribution is 7.18. The molecule has 0 aliphatic rings. The number of aryl methyl sites for hydroxylation is 1. The molecule has 1 amide bonds. The van der Waals surface area contributed by atoms with Crippen LogP contribution < -0.4 is 5.32 Å². The monoisotopic (exact) mass is 442 g/mol. The van der Waals surface area contributed by atoms with E-state index in [-0.39, 0.29) is 40.5 Å². The van der Waals surface area contributed by atoms with Crippen LogP contribution in [-0.4, -0.2) is 35.1 Å². The van der Waals surface area contributed by atoms with Gasteiger partial charge in [0.05, 0.1) is 24.7 Å². The van der Waals surface area contributed by atoms with E-state index in [0.717, 1.165) is 27.8 Å². The highest BCUT2D eigenvalue weighted by Crippen LogP contribution is 2.35. The SMILES string of the molecule is CCOC(=O)c1c(NC(=O)Cc2cn(C)c3ccccc23)sc(C(=O)OC(C)C)c1C. The summed E-state index contributed by atoms with van der Waals surface area (Å²) in [5.41, 5.74) is 2.53. The number of amides is 1. The van der Waals surface area contributed by atoms with Crippen LogP contribution in [0.5, 0.6) is 0 Å². The summed E-state index contributed by atoms with van der Waals surface area (Å²) in [4.78, 5) is 38.1. The molecule has 0 aliphatic heterocycles. The van der Waals surface area contributed by atoms with Crippen LogP contribution in [0.2, 0.25) is 0 Å². The maximum Gasteiger partial charge on any atom is 0.348 e. The molecule has 0 saturated carbocycles. The number of esters is 2. The number of fused-ring (bicyclic) bond motifs is 1. The van der Waals surface area contributed by atoms with Crippen molar-refractivity contribution in [2.75, 3.05) is 11.9 Å². The van der Waals surface area contributed by atoms with Crippen LogP contribution in [0.15, 0.2) is 30.5 Å².